The number of ether oxygens (including phenoxy) is 1. The van der Waals surface area contributed by atoms with Crippen LogP contribution in [-0.4, -0.2) is 22.1 Å². The van der Waals surface area contributed by atoms with Crippen LogP contribution >= 0.6 is 11.3 Å². The molecule has 0 radical (unpaired) electrons. The fourth-order valence-electron chi connectivity index (χ4n) is 2.39. The van der Waals surface area contributed by atoms with E-state index < -0.39 is 0 Å². The van der Waals surface area contributed by atoms with E-state index >= 15 is 0 Å². The lowest BCUT2D eigenvalue weighted by molar-refractivity contribution is 0.311. The van der Waals surface area contributed by atoms with E-state index in [1.165, 1.54) is 11.3 Å². The molecule has 0 unspecified atom stereocenters. The molecule has 0 fully saturated rings. The largest absolute Gasteiger partial charge is 0.497 e. The Hall–Kier alpha value is -2.86. The summed E-state index contributed by atoms with van der Waals surface area (Å²) in [5, 5.41) is 2.64. The number of thiazole rings is 1. The number of hydrogen-bond acceptors (Lipinski definition) is 4. The van der Waals surface area contributed by atoms with Crippen LogP contribution in [0.3, 0.4) is 0 Å². The molecule has 0 aliphatic rings. The molecule has 122 valence electrons. The summed E-state index contributed by atoms with van der Waals surface area (Å²) in [5.74, 6) is 0.675. The Kier molecular flexibility index (Phi) is 4.48. The normalized spacial score (nSPS) is 11.5. The first-order valence-electron chi connectivity index (χ1n) is 7.34. The van der Waals surface area contributed by atoms with Crippen molar-refractivity contribution in [2.24, 2.45) is 0 Å². The minimum absolute atomic E-state index is 0.142. The highest BCUT2D eigenvalue weighted by atomic mass is 32.1. The molecule has 0 saturated carbocycles. The minimum atomic E-state index is -0.142. The summed E-state index contributed by atoms with van der Waals surface area (Å²) in [6, 6.07) is 3.56. The van der Waals surface area contributed by atoms with Gasteiger partial charge in [0.05, 0.1) is 18.4 Å². The molecule has 24 heavy (non-hydrogen) atoms. The van der Waals surface area contributed by atoms with Gasteiger partial charge in [0.2, 0.25) is 0 Å². The lowest BCUT2D eigenvalue weighted by atomic mass is 10.1. The van der Waals surface area contributed by atoms with Crippen LogP contribution in [0.15, 0.2) is 53.1 Å². The van der Waals surface area contributed by atoms with Gasteiger partial charge in [-0.3, -0.25) is 4.79 Å². The number of H-pyrrole nitrogens is 2. The van der Waals surface area contributed by atoms with Gasteiger partial charge in [-0.25, -0.2) is 4.98 Å². The van der Waals surface area contributed by atoms with Crippen LogP contribution in [0.2, 0.25) is 0 Å². The highest BCUT2D eigenvalue weighted by Gasteiger charge is 2.14. The number of aryl methyl sites for hydroxylation is 1. The van der Waals surface area contributed by atoms with Crippen LogP contribution in [0.25, 0.3) is 27.9 Å². The van der Waals surface area contributed by atoms with Gasteiger partial charge in [-0.05, 0) is 31.2 Å². The van der Waals surface area contributed by atoms with Crippen molar-refractivity contribution in [2.45, 2.75) is 6.92 Å². The lowest BCUT2D eigenvalue weighted by Crippen LogP contribution is -2.06. The predicted molar refractivity (Wildman–Crippen MR) is 97.9 cm³/mol. The molecule has 3 aromatic rings. The molecule has 0 amide bonds. The first kappa shape index (κ1) is 16.0. The van der Waals surface area contributed by atoms with E-state index in [2.05, 4.69) is 21.5 Å². The number of allylic oxidation sites excluding steroid dienone is 1. The quantitative estimate of drug-likeness (QED) is 0.546. The van der Waals surface area contributed by atoms with E-state index in [0.29, 0.717) is 16.3 Å². The van der Waals surface area contributed by atoms with Gasteiger partial charge in [0, 0.05) is 34.6 Å². The molecule has 0 bridgehead atoms. The molecular weight excluding hydrogens is 322 g/mol. The topological polar surface area (TPSA) is 70.8 Å². The minimum Gasteiger partial charge on any atom is -0.497 e. The summed E-state index contributed by atoms with van der Waals surface area (Å²) in [4.78, 5) is 22.4. The third-order valence-corrected chi connectivity index (χ3v) is 4.55. The van der Waals surface area contributed by atoms with Crippen molar-refractivity contribution in [3.8, 4) is 21.8 Å². The van der Waals surface area contributed by atoms with E-state index in [4.69, 9.17) is 4.74 Å². The Bertz CT molecular complexity index is 963. The van der Waals surface area contributed by atoms with Crippen LogP contribution in [0.5, 0.6) is 0 Å². The summed E-state index contributed by atoms with van der Waals surface area (Å²) in [6.45, 7) is 5.73. The SMILES string of the molecule is C=C/C(=C\c1c(-c2csc(-c3ccc[nH]c3=O)n2)c[nH]c1C)OC. The van der Waals surface area contributed by atoms with Gasteiger partial charge in [0.1, 0.15) is 10.8 Å². The van der Waals surface area contributed by atoms with Crippen molar-refractivity contribution in [3.63, 3.8) is 0 Å². The Balaban J connectivity index is 2.06. The van der Waals surface area contributed by atoms with Crippen LogP contribution in [0.4, 0.5) is 0 Å². The summed E-state index contributed by atoms with van der Waals surface area (Å²) < 4.78 is 5.27. The Morgan fingerprint density at radius 3 is 2.92 bits per heavy atom. The zero-order chi connectivity index (χ0) is 17.1. The van der Waals surface area contributed by atoms with Gasteiger partial charge in [-0.1, -0.05) is 6.58 Å². The van der Waals surface area contributed by atoms with Gasteiger partial charge < -0.3 is 14.7 Å². The molecule has 3 heterocycles. The first-order chi connectivity index (χ1) is 11.6. The highest BCUT2D eigenvalue weighted by Crippen LogP contribution is 2.31. The number of methoxy groups -OCH3 is 1. The summed E-state index contributed by atoms with van der Waals surface area (Å²) in [7, 11) is 1.61. The van der Waals surface area contributed by atoms with E-state index in [1.807, 2.05) is 24.6 Å². The average Bonchev–Trinajstić information content (AvgIpc) is 3.20. The number of nitrogens with one attached hydrogen (secondary N) is 2. The number of aromatic amines is 2. The smallest absolute Gasteiger partial charge is 0.258 e. The Morgan fingerprint density at radius 2 is 2.21 bits per heavy atom. The van der Waals surface area contributed by atoms with Crippen molar-refractivity contribution < 1.29 is 4.74 Å². The molecule has 2 N–H and O–H groups in total. The number of hydrogen-bond donors (Lipinski definition) is 2. The molecule has 0 aromatic carbocycles. The molecule has 0 aliphatic heterocycles. The molecule has 0 spiro atoms. The van der Waals surface area contributed by atoms with Crippen LogP contribution < -0.4 is 5.56 Å². The molecule has 0 saturated heterocycles. The van der Waals surface area contributed by atoms with Crippen molar-refractivity contribution >= 4 is 17.4 Å². The number of aromatic nitrogens is 3. The van der Waals surface area contributed by atoms with E-state index in [1.54, 1.807) is 31.5 Å². The van der Waals surface area contributed by atoms with E-state index in [0.717, 1.165) is 22.5 Å². The maximum atomic E-state index is 11.9. The zero-order valence-electron chi connectivity index (χ0n) is 13.4. The summed E-state index contributed by atoms with van der Waals surface area (Å²) in [6.07, 6.45) is 7.10. The molecular formula is C18H17N3O2S. The number of pyridine rings is 1. The molecule has 5 nitrogen and oxygen atoms in total. The van der Waals surface area contributed by atoms with Crippen molar-refractivity contribution in [1.82, 2.24) is 15.0 Å². The third kappa shape index (κ3) is 2.96. The standard InChI is InChI=1S/C18H17N3O2S/c1-4-12(23-3)8-14-11(2)20-9-15(14)16-10-24-18(21-16)13-6-5-7-19-17(13)22/h4-10,20H,1H2,2-3H3,(H,19,22)/b12-8+. The number of nitrogens with zero attached hydrogens (tertiary/aromatic N) is 1. The number of rotatable bonds is 5. The second-order valence-electron chi connectivity index (χ2n) is 5.15. The summed E-state index contributed by atoms with van der Waals surface area (Å²) >= 11 is 1.44. The second kappa shape index (κ2) is 6.72. The maximum absolute atomic E-state index is 11.9. The van der Waals surface area contributed by atoms with Crippen LogP contribution in [0.1, 0.15) is 11.3 Å². The fourth-order valence-corrected chi connectivity index (χ4v) is 3.23. The fraction of sp³-hybridized carbons (Fsp3) is 0.111. The monoisotopic (exact) mass is 339 g/mol. The first-order valence-corrected chi connectivity index (χ1v) is 8.22. The highest BCUT2D eigenvalue weighted by molar-refractivity contribution is 7.13. The van der Waals surface area contributed by atoms with Gasteiger partial charge in [0.25, 0.3) is 5.56 Å². The lowest BCUT2D eigenvalue weighted by Gasteiger charge is -2.02. The molecule has 0 atom stereocenters. The predicted octanol–water partition coefficient (Wildman–Crippen LogP) is 3.98. The van der Waals surface area contributed by atoms with Gasteiger partial charge >= 0.3 is 0 Å². The third-order valence-electron chi connectivity index (χ3n) is 3.68. The van der Waals surface area contributed by atoms with E-state index in [-0.39, 0.29) is 5.56 Å². The van der Waals surface area contributed by atoms with Crippen molar-refractivity contribution in [1.29, 1.82) is 0 Å². The van der Waals surface area contributed by atoms with Crippen molar-refractivity contribution in [3.05, 3.63) is 69.9 Å². The maximum Gasteiger partial charge on any atom is 0.258 e. The van der Waals surface area contributed by atoms with Gasteiger partial charge in [-0.2, -0.15) is 0 Å². The molecule has 0 aliphatic carbocycles. The van der Waals surface area contributed by atoms with Crippen LogP contribution in [0, 0.1) is 6.92 Å². The Morgan fingerprint density at radius 1 is 1.38 bits per heavy atom. The van der Waals surface area contributed by atoms with Crippen molar-refractivity contribution in [2.75, 3.05) is 7.11 Å². The van der Waals surface area contributed by atoms with Gasteiger partial charge in [-0.15, -0.1) is 11.3 Å². The molecule has 3 aromatic heterocycles. The Labute approximate surface area is 143 Å². The molecule has 6 heteroatoms. The second-order valence-corrected chi connectivity index (χ2v) is 6.00. The molecule has 3 rings (SSSR count). The van der Waals surface area contributed by atoms with Gasteiger partial charge in [0.15, 0.2) is 0 Å². The average molecular weight is 339 g/mol. The van der Waals surface area contributed by atoms with E-state index in [9.17, 15) is 4.79 Å². The summed E-state index contributed by atoms with van der Waals surface area (Å²) in [5.41, 5.74) is 4.20. The zero-order valence-corrected chi connectivity index (χ0v) is 14.2. The van der Waals surface area contributed by atoms with Crippen LogP contribution in [-0.2, 0) is 4.74 Å².